The molecule has 3 aromatic carbocycles. The van der Waals surface area contributed by atoms with Gasteiger partial charge in [0.15, 0.2) is 5.78 Å². The average molecular weight is 428 g/mol. The van der Waals surface area contributed by atoms with Crippen molar-refractivity contribution in [2.24, 2.45) is 5.92 Å². The van der Waals surface area contributed by atoms with Crippen LogP contribution in [0.2, 0.25) is 0 Å². The molecule has 1 aromatic heterocycles. The van der Waals surface area contributed by atoms with E-state index in [0.717, 1.165) is 10.5 Å². The van der Waals surface area contributed by atoms with Crippen LogP contribution < -0.4 is 0 Å². The lowest BCUT2D eigenvalue weighted by atomic mass is 9.90. The number of hydrogen-bond acceptors (Lipinski definition) is 4. The summed E-state index contributed by atoms with van der Waals surface area (Å²) >= 11 is 1.73. The van der Waals surface area contributed by atoms with Gasteiger partial charge in [0.25, 0.3) is 0 Å². The smallest absolute Gasteiger partial charge is 0.169 e. The van der Waals surface area contributed by atoms with Gasteiger partial charge in [-0.3, -0.25) is 9.48 Å². The van der Waals surface area contributed by atoms with Crippen molar-refractivity contribution in [1.29, 1.82) is 0 Å². The third kappa shape index (κ3) is 5.30. The molecule has 0 saturated heterocycles. The third-order valence-electron chi connectivity index (χ3n) is 5.30. The van der Waals surface area contributed by atoms with E-state index in [1.54, 1.807) is 22.8 Å². The van der Waals surface area contributed by atoms with Crippen LogP contribution in [0.15, 0.2) is 96.4 Å². The summed E-state index contributed by atoms with van der Waals surface area (Å²) in [6.07, 6.45) is 3.19. The number of Topliss-reactive ketones (excluding diaryl/α,β-unsaturated/α-hetero) is 1. The van der Waals surface area contributed by atoms with Crippen LogP contribution in [0.5, 0.6) is 0 Å². The molecule has 4 rings (SSSR count). The molecule has 0 amide bonds. The van der Waals surface area contributed by atoms with Gasteiger partial charge in [0.05, 0.1) is 12.5 Å². The first-order valence-electron chi connectivity index (χ1n) is 10.3. The summed E-state index contributed by atoms with van der Waals surface area (Å²) in [6.45, 7) is 4.62. The Morgan fingerprint density at radius 2 is 1.55 bits per heavy atom. The number of benzene rings is 3. The van der Waals surface area contributed by atoms with E-state index >= 15 is 0 Å². The predicted molar refractivity (Wildman–Crippen MR) is 125 cm³/mol. The van der Waals surface area contributed by atoms with Crippen LogP contribution in [0.1, 0.15) is 32.3 Å². The lowest BCUT2D eigenvalue weighted by molar-refractivity contribution is 0.0901. The molecule has 0 radical (unpaired) electrons. The highest BCUT2D eigenvalue weighted by atomic mass is 32.2. The van der Waals surface area contributed by atoms with Crippen LogP contribution in [0.4, 0.5) is 0 Å². The maximum absolute atomic E-state index is 13.7. The molecule has 0 bridgehead atoms. The fourth-order valence-electron chi connectivity index (χ4n) is 3.56. The summed E-state index contributed by atoms with van der Waals surface area (Å²) in [4.78, 5) is 18.9. The molecule has 0 aliphatic rings. The minimum Gasteiger partial charge on any atom is -0.294 e. The fraction of sp³-hybridized carbons (Fsp3) is 0.192. The van der Waals surface area contributed by atoms with E-state index in [2.05, 4.69) is 72.5 Å². The molecule has 0 fully saturated rings. The first kappa shape index (κ1) is 21.1. The number of aromatic nitrogens is 3. The molecule has 31 heavy (non-hydrogen) atoms. The molecule has 0 aliphatic carbocycles. The van der Waals surface area contributed by atoms with Gasteiger partial charge >= 0.3 is 0 Å². The molecule has 0 unspecified atom stereocenters. The Hall–Kier alpha value is -3.18. The molecular weight excluding hydrogens is 402 g/mol. The van der Waals surface area contributed by atoms with E-state index in [9.17, 15) is 4.79 Å². The zero-order valence-corrected chi connectivity index (χ0v) is 18.5. The van der Waals surface area contributed by atoms with Crippen LogP contribution in [0.3, 0.4) is 0 Å². The second-order valence-electron chi connectivity index (χ2n) is 7.72. The van der Waals surface area contributed by atoms with E-state index in [0.29, 0.717) is 12.1 Å². The number of carbonyl (C=O) groups excluding carboxylic acids is 1. The summed E-state index contributed by atoms with van der Waals surface area (Å²) in [6, 6.07) is 26.5. The van der Waals surface area contributed by atoms with Crippen molar-refractivity contribution in [2.75, 3.05) is 0 Å². The topological polar surface area (TPSA) is 47.8 Å². The number of nitrogens with zero attached hydrogens (tertiary/aromatic N) is 3. The quantitative estimate of drug-likeness (QED) is 0.258. The molecular formula is C26H25N3OS. The molecule has 0 spiro atoms. The first-order valence-corrected chi connectivity index (χ1v) is 11.2. The second kappa shape index (κ2) is 9.75. The van der Waals surface area contributed by atoms with E-state index in [1.165, 1.54) is 17.5 Å². The summed E-state index contributed by atoms with van der Waals surface area (Å²) in [5.74, 6) is -0.195. The fourth-order valence-corrected chi connectivity index (χ4v) is 4.82. The van der Waals surface area contributed by atoms with E-state index < -0.39 is 0 Å². The van der Waals surface area contributed by atoms with Crippen LogP contribution in [0, 0.1) is 19.8 Å². The molecule has 0 N–H and O–H groups in total. The zero-order valence-electron chi connectivity index (χ0n) is 17.7. The van der Waals surface area contributed by atoms with Crippen molar-refractivity contribution in [3.8, 4) is 0 Å². The van der Waals surface area contributed by atoms with Crippen molar-refractivity contribution in [1.82, 2.24) is 14.8 Å². The highest BCUT2D eigenvalue weighted by molar-refractivity contribution is 7.99. The molecule has 0 aliphatic heterocycles. The monoisotopic (exact) mass is 427 g/mol. The van der Waals surface area contributed by atoms with Gasteiger partial charge in [-0.1, -0.05) is 77.9 Å². The van der Waals surface area contributed by atoms with Crippen molar-refractivity contribution < 1.29 is 4.79 Å². The molecule has 4 nitrogen and oxygen atoms in total. The number of carbonyl (C=O) groups is 1. The van der Waals surface area contributed by atoms with Gasteiger partial charge in [-0.2, -0.15) is 5.10 Å². The van der Waals surface area contributed by atoms with E-state index in [4.69, 9.17) is 0 Å². The maximum Gasteiger partial charge on any atom is 0.169 e. The van der Waals surface area contributed by atoms with Gasteiger partial charge in [-0.05, 0) is 31.5 Å². The molecule has 5 heteroatoms. The molecule has 2 atom stereocenters. The summed E-state index contributed by atoms with van der Waals surface area (Å²) < 4.78 is 1.75. The van der Waals surface area contributed by atoms with Gasteiger partial charge in [0.2, 0.25) is 0 Å². The lowest BCUT2D eigenvalue weighted by Gasteiger charge is -2.26. The van der Waals surface area contributed by atoms with Gasteiger partial charge in [-0.15, -0.1) is 11.8 Å². The predicted octanol–water partition coefficient (Wildman–Crippen LogP) is 5.93. The third-order valence-corrected chi connectivity index (χ3v) is 6.70. The number of ketones is 1. The van der Waals surface area contributed by atoms with Gasteiger partial charge in [-0.25, -0.2) is 4.98 Å². The van der Waals surface area contributed by atoms with Crippen LogP contribution in [0.25, 0.3) is 0 Å². The van der Waals surface area contributed by atoms with Crippen molar-refractivity contribution in [2.45, 2.75) is 30.5 Å². The standard InChI is InChI=1S/C26H25N3OS/c1-19-8-12-22(13-9-19)26(31-23-14-10-20(2)11-15-23)24(16-29-18-27-17-28-29)25(30)21-6-4-3-5-7-21/h3-15,17-18,24,26H,16H2,1-2H3/t24-,26+/m1/s1. The largest absolute Gasteiger partial charge is 0.294 e. The Labute approximate surface area is 187 Å². The SMILES string of the molecule is Cc1ccc(S[C@@H](c2ccc(C)cc2)[C@H](Cn2cncn2)C(=O)c2ccccc2)cc1. The highest BCUT2D eigenvalue weighted by Crippen LogP contribution is 2.43. The zero-order chi connectivity index (χ0) is 21.6. The minimum absolute atomic E-state index is 0.0692. The highest BCUT2D eigenvalue weighted by Gasteiger charge is 2.32. The number of hydrogen-bond donors (Lipinski definition) is 0. The first-order chi connectivity index (χ1) is 15.1. The van der Waals surface area contributed by atoms with E-state index in [-0.39, 0.29) is 17.0 Å². The normalized spacial score (nSPS) is 13.0. The molecule has 4 aromatic rings. The van der Waals surface area contributed by atoms with Gasteiger partial charge < -0.3 is 0 Å². The van der Waals surface area contributed by atoms with Gasteiger partial charge in [0, 0.05) is 15.7 Å². The van der Waals surface area contributed by atoms with Crippen LogP contribution in [-0.2, 0) is 6.54 Å². The average Bonchev–Trinajstić information content (AvgIpc) is 3.32. The minimum atomic E-state index is -0.307. The van der Waals surface area contributed by atoms with Crippen molar-refractivity contribution in [3.63, 3.8) is 0 Å². The Morgan fingerprint density at radius 1 is 0.903 bits per heavy atom. The van der Waals surface area contributed by atoms with Crippen LogP contribution >= 0.6 is 11.8 Å². The summed E-state index contributed by atoms with van der Waals surface area (Å²) in [5, 5.41) is 4.22. The van der Waals surface area contributed by atoms with Gasteiger partial charge in [0.1, 0.15) is 12.7 Å². The summed E-state index contributed by atoms with van der Waals surface area (Å²) in [5.41, 5.74) is 4.26. The van der Waals surface area contributed by atoms with Crippen molar-refractivity contribution in [3.05, 3.63) is 114 Å². The Bertz CT molecular complexity index is 1110. The number of thioether (sulfide) groups is 1. The Morgan fingerprint density at radius 3 is 2.16 bits per heavy atom. The number of aryl methyl sites for hydroxylation is 2. The second-order valence-corrected chi connectivity index (χ2v) is 8.93. The lowest BCUT2D eigenvalue weighted by Crippen LogP contribution is -2.26. The summed E-state index contributed by atoms with van der Waals surface area (Å²) in [7, 11) is 0. The van der Waals surface area contributed by atoms with Crippen LogP contribution in [-0.4, -0.2) is 20.5 Å². The molecule has 1 heterocycles. The number of rotatable bonds is 8. The Balaban J connectivity index is 1.76. The maximum atomic E-state index is 13.7. The molecule has 0 saturated carbocycles. The van der Waals surface area contributed by atoms with Crippen molar-refractivity contribution >= 4 is 17.5 Å². The molecule has 156 valence electrons. The van der Waals surface area contributed by atoms with E-state index in [1.807, 2.05) is 30.3 Å². The Kier molecular flexibility index (Phi) is 6.63.